The SMILES string of the molecule is CCSc1nc2ccccc2n1C[C@H](C)O. The summed E-state index contributed by atoms with van der Waals surface area (Å²) in [6.45, 7) is 4.51. The Morgan fingerprint density at radius 1 is 1.44 bits per heavy atom. The van der Waals surface area contributed by atoms with Crippen molar-refractivity contribution in [3.63, 3.8) is 0 Å². The number of hydrogen-bond donors (Lipinski definition) is 1. The number of aromatic nitrogens is 2. The summed E-state index contributed by atoms with van der Waals surface area (Å²) in [7, 11) is 0. The Morgan fingerprint density at radius 3 is 2.88 bits per heavy atom. The number of fused-ring (bicyclic) bond motifs is 1. The zero-order valence-corrected chi connectivity index (χ0v) is 10.4. The van der Waals surface area contributed by atoms with Gasteiger partial charge in [0.15, 0.2) is 5.16 Å². The molecule has 0 spiro atoms. The number of hydrogen-bond acceptors (Lipinski definition) is 3. The average molecular weight is 236 g/mol. The maximum atomic E-state index is 9.52. The molecule has 16 heavy (non-hydrogen) atoms. The molecule has 0 saturated heterocycles. The second-order valence-corrected chi connectivity index (χ2v) is 5.01. The lowest BCUT2D eigenvalue weighted by molar-refractivity contribution is 0.172. The van der Waals surface area contributed by atoms with E-state index in [0.29, 0.717) is 6.54 Å². The van der Waals surface area contributed by atoms with Gasteiger partial charge in [0, 0.05) is 0 Å². The van der Waals surface area contributed by atoms with Crippen molar-refractivity contribution >= 4 is 22.8 Å². The first-order valence-corrected chi connectivity index (χ1v) is 6.47. The van der Waals surface area contributed by atoms with Gasteiger partial charge in [0.25, 0.3) is 0 Å². The lowest BCUT2D eigenvalue weighted by atomic mass is 10.3. The van der Waals surface area contributed by atoms with Gasteiger partial charge in [-0.15, -0.1) is 0 Å². The van der Waals surface area contributed by atoms with Gasteiger partial charge < -0.3 is 9.67 Å². The molecular weight excluding hydrogens is 220 g/mol. The van der Waals surface area contributed by atoms with Crippen LogP contribution in [-0.2, 0) is 6.54 Å². The van der Waals surface area contributed by atoms with Crippen molar-refractivity contribution in [1.82, 2.24) is 9.55 Å². The van der Waals surface area contributed by atoms with E-state index in [2.05, 4.69) is 16.5 Å². The molecule has 1 N–H and O–H groups in total. The predicted molar refractivity (Wildman–Crippen MR) is 67.8 cm³/mol. The lowest BCUT2D eigenvalue weighted by Gasteiger charge is -2.09. The number of para-hydroxylation sites is 2. The Kier molecular flexibility index (Phi) is 3.51. The molecule has 0 aliphatic rings. The van der Waals surface area contributed by atoms with E-state index < -0.39 is 0 Å². The van der Waals surface area contributed by atoms with E-state index >= 15 is 0 Å². The highest BCUT2D eigenvalue weighted by molar-refractivity contribution is 7.99. The number of benzene rings is 1. The minimum atomic E-state index is -0.353. The molecule has 0 radical (unpaired) electrons. The van der Waals surface area contributed by atoms with Gasteiger partial charge in [0.1, 0.15) is 0 Å². The normalized spacial score (nSPS) is 13.2. The van der Waals surface area contributed by atoms with Crippen LogP contribution in [0.25, 0.3) is 11.0 Å². The van der Waals surface area contributed by atoms with E-state index in [1.165, 1.54) is 0 Å². The zero-order chi connectivity index (χ0) is 11.5. The largest absolute Gasteiger partial charge is 0.392 e. The fourth-order valence-corrected chi connectivity index (χ4v) is 2.48. The highest BCUT2D eigenvalue weighted by Crippen LogP contribution is 2.23. The van der Waals surface area contributed by atoms with Crippen molar-refractivity contribution in [2.24, 2.45) is 0 Å². The second kappa shape index (κ2) is 4.89. The quantitative estimate of drug-likeness (QED) is 0.829. The van der Waals surface area contributed by atoms with Gasteiger partial charge >= 0.3 is 0 Å². The van der Waals surface area contributed by atoms with Gasteiger partial charge in [-0.1, -0.05) is 30.8 Å². The number of aliphatic hydroxyl groups excluding tert-OH is 1. The third kappa shape index (κ3) is 2.23. The molecule has 0 aliphatic carbocycles. The Morgan fingerprint density at radius 2 is 2.19 bits per heavy atom. The summed E-state index contributed by atoms with van der Waals surface area (Å²) in [4.78, 5) is 4.57. The van der Waals surface area contributed by atoms with Crippen LogP contribution in [0.3, 0.4) is 0 Å². The van der Waals surface area contributed by atoms with Crippen molar-refractivity contribution in [2.75, 3.05) is 5.75 Å². The molecule has 0 fully saturated rings. The highest BCUT2D eigenvalue weighted by atomic mass is 32.2. The van der Waals surface area contributed by atoms with Crippen LogP contribution in [-0.4, -0.2) is 26.5 Å². The summed E-state index contributed by atoms with van der Waals surface area (Å²) in [5.74, 6) is 0.989. The van der Waals surface area contributed by atoms with Crippen molar-refractivity contribution in [3.8, 4) is 0 Å². The predicted octanol–water partition coefficient (Wildman–Crippen LogP) is 2.53. The molecule has 1 heterocycles. The number of thioether (sulfide) groups is 1. The van der Waals surface area contributed by atoms with Crippen LogP contribution in [0.15, 0.2) is 29.4 Å². The summed E-state index contributed by atoms with van der Waals surface area (Å²) < 4.78 is 2.09. The molecular formula is C12H16N2OS. The third-order valence-corrected chi connectivity index (χ3v) is 3.20. The molecule has 1 atom stereocenters. The van der Waals surface area contributed by atoms with Crippen molar-refractivity contribution in [2.45, 2.75) is 31.7 Å². The lowest BCUT2D eigenvalue weighted by Crippen LogP contribution is -2.12. The minimum absolute atomic E-state index is 0.353. The molecule has 1 aromatic heterocycles. The molecule has 1 aromatic carbocycles. The molecule has 0 amide bonds. The number of rotatable bonds is 4. The van der Waals surface area contributed by atoms with Crippen LogP contribution in [0.2, 0.25) is 0 Å². The van der Waals surface area contributed by atoms with Crippen LogP contribution in [0, 0.1) is 0 Å². The summed E-state index contributed by atoms with van der Waals surface area (Å²) >= 11 is 1.71. The van der Waals surface area contributed by atoms with E-state index in [1.807, 2.05) is 24.3 Å². The van der Waals surface area contributed by atoms with Crippen LogP contribution in [0.5, 0.6) is 0 Å². The average Bonchev–Trinajstić information content (AvgIpc) is 2.57. The fraction of sp³-hybridized carbons (Fsp3) is 0.417. The van der Waals surface area contributed by atoms with Crippen LogP contribution < -0.4 is 0 Å². The molecule has 3 nitrogen and oxygen atoms in total. The highest BCUT2D eigenvalue weighted by Gasteiger charge is 2.11. The van der Waals surface area contributed by atoms with Gasteiger partial charge in [0.05, 0.1) is 23.7 Å². The van der Waals surface area contributed by atoms with E-state index in [4.69, 9.17) is 0 Å². The maximum absolute atomic E-state index is 9.52. The Bertz CT molecular complexity index is 479. The standard InChI is InChI=1S/C12H16N2OS/c1-3-16-12-13-10-6-4-5-7-11(10)14(12)8-9(2)15/h4-7,9,15H,3,8H2,1-2H3/t9-/m0/s1. The van der Waals surface area contributed by atoms with Crippen molar-refractivity contribution in [3.05, 3.63) is 24.3 Å². The maximum Gasteiger partial charge on any atom is 0.169 e. The van der Waals surface area contributed by atoms with E-state index in [0.717, 1.165) is 21.9 Å². The van der Waals surface area contributed by atoms with E-state index in [-0.39, 0.29) is 6.10 Å². The monoisotopic (exact) mass is 236 g/mol. The number of imidazole rings is 1. The molecule has 0 unspecified atom stereocenters. The molecule has 0 aliphatic heterocycles. The Hall–Kier alpha value is -1.00. The van der Waals surface area contributed by atoms with Crippen molar-refractivity contribution in [1.29, 1.82) is 0 Å². The number of aliphatic hydroxyl groups is 1. The van der Waals surface area contributed by atoms with Crippen LogP contribution >= 0.6 is 11.8 Å². The molecule has 86 valence electrons. The molecule has 2 aromatic rings. The second-order valence-electron chi connectivity index (χ2n) is 3.78. The van der Waals surface area contributed by atoms with Gasteiger partial charge in [0.2, 0.25) is 0 Å². The first-order valence-electron chi connectivity index (χ1n) is 5.48. The molecule has 4 heteroatoms. The fourth-order valence-electron chi connectivity index (χ4n) is 1.73. The van der Waals surface area contributed by atoms with E-state index in [1.54, 1.807) is 18.7 Å². The molecule has 0 bridgehead atoms. The van der Waals surface area contributed by atoms with Crippen LogP contribution in [0.1, 0.15) is 13.8 Å². The number of nitrogens with zero attached hydrogens (tertiary/aromatic N) is 2. The van der Waals surface area contributed by atoms with Gasteiger partial charge in [-0.25, -0.2) is 4.98 Å². The van der Waals surface area contributed by atoms with Gasteiger partial charge in [-0.3, -0.25) is 0 Å². The first-order chi connectivity index (χ1) is 7.72. The summed E-state index contributed by atoms with van der Waals surface area (Å²) in [6, 6.07) is 8.05. The summed E-state index contributed by atoms with van der Waals surface area (Å²) in [5.41, 5.74) is 2.10. The first kappa shape index (κ1) is 11.5. The zero-order valence-electron chi connectivity index (χ0n) is 9.55. The Balaban J connectivity index is 2.50. The third-order valence-electron chi connectivity index (χ3n) is 2.34. The van der Waals surface area contributed by atoms with E-state index in [9.17, 15) is 5.11 Å². The summed E-state index contributed by atoms with van der Waals surface area (Å²) in [6.07, 6.45) is -0.353. The molecule has 0 saturated carbocycles. The molecule has 2 rings (SSSR count). The van der Waals surface area contributed by atoms with Gasteiger partial charge in [-0.05, 0) is 24.8 Å². The Labute approximate surface area is 99.5 Å². The van der Waals surface area contributed by atoms with Gasteiger partial charge in [-0.2, -0.15) is 0 Å². The topological polar surface area (TPSA) is 38.0 Å². The minimum Gasteiger partial charge on any atom is -0.392 e. The smallest absolute Gasteiger partial charge is 0.169 e. The van der Waals surface area contributed by atoms with Crippen LogP contribution in [0.4, 0.5) is 0 Å². The summed E-state index contributed by atoms with van der Waals surface area (Å²) in [5, 5.41) is 10.5. The van der Waals surface area contributed by atoms with Crippen molar-refractivity contribution < 1.29 is 5.11 Å².